The van der Waals surface area contributed by atoms with Gasteiger partial charge in [0.15, 0.2) is 0 Å². The van der Waals surface area contributed by atoms with Crippen molar-refractivity contribution < 1.29 is 9.90 Å². The van der Waals surface area contributed by atoms with Crippen LogP contribution in [0.4, 0.5) is 0 Å². The zero-order valence-corrected chi connectivity index (χ0v) is 8.92. The maximum atomic E-state index is 10.8. The number of rotatable bonds is 4. The Morgan fingerprint density at radius 2 is 2.07 bits per heavy atom. The third-order valence-corrected chi connectivity index (χ3v) is 2.70. The van der Waals surface area contributed by atoms with Gasteiger partial charge in [-0.05, 0) is 18.1 Å². The van der Waals surface area contributed by atoms with Gasteiger partial charge in [0.25, 0.3) is 0 Å². The molecule has 0 heterocycles. The topological polar surface area (TPSA) is 37.3 Å². The fraction of sp³-hybridized carbons (Fsp3) is 0.300. The molecular weight excluding hydrogens is 223 g/mol. The van der Waals surface area contributed by atoms with Gasteiger partial charge in [0.05, 0.1) is 10.9 Å². The predicted octanol–water partition coefficient (Wildman–Crippen LogP) is 2.77. The van der Waals surface area contributed by atoms with Crippen molar-refractivity contribution in [3.8, 4) is 0 Å². The van der Waals surface area contributed by atoms with Crippen LogP contribution in [0.5, 0.6) is 0 Å². The molecule has 0 spiro atoms. The predicted molar refractivity (Wildman–Crippen MR) is 57.5 cm³/mol. The summed E-state index contributed by atoms with van der Waals surface area (Å²) in [5.74, 6) is -0.616. The van der Waals surface area contributed by atoms with E-state index in [1.807, 2.05) is 0 Å². The lowest BCUT2D eigenvalue weighted by Crippen LogP contribution is -2.09. The van der Waals surface area contributed by atoms with Crippen molar-refractivity contribution in [2.75, 3.05) is 5.88 Å². The molecule has 14 heavy (non-hydrogen) atoms. The van der Waals surface area contributed by atoms with Gasteiger partial charge in [-0.25, -0.2) is 4.79 Å². The highest BCUT2D eigenvalue weighted by Gasteiger charge is 2.12. The monoisotopic (exact) mass is 232 g/mol. The number of alkyl halides is 2. The standard InChI is InChI=1S/C10H10Cl2O2/c11-6-8(12)5-7-3-1-2-4-9(7)10(13)14/h1-4,8H,5-6H2,(H,13,14). The van der Waals surface area contributed by atoms with Crippen LogP contribution >= 0.6 is 23.2 Å². The molecule has 76 valence electrons. The summed E-state index contributed by atoms with van der Waals surface area (Å²) in [5.41, 5.74) is 1.02. The van der Waals surface area contributed by atoms with Crippen molar-refractivity contribution >= 4 is 29.2 Å². The second kappa shape index (κ2) is 5.23. The second-order valence-electron chi connectivity index (χ2n) is 2.92. The summed E-state index contributed by atoms with van der Waals surface area (Å²) < 4.78 is 0. The molecule has 1 aromatic carbocycles. The molecule has 0 aliphatic heterocycles. The van der Waals surface area contributed by atoms with Gasteiger partial charge in [-0.1, -0.05) is 18.2 Å². The molecule has 1 unspecified atom stereocenters. The minimum atomic E-state index is -0.931. The molecular formula is C10H10Cl2O2. The molecule has 0 fully saturated rings. The van der Waals surface area contributed by atoms with Crippen LogP contribution in [0.3, 0.4) is 0 Å². The molecule has 4 heteroatoms. The molecule has 0 aromatic heterocycles. The normalized spacial score (nSPS) is 12.4. The lowest BCUT2D eigenvalue weighted by atomic mass is 10.0. The number of benzene rings is 1. The molecule has 1 N–H and O–H groups in total. The number of aromatic carboxylic acids is 1. The van der Waals surface area contributed by atoms with E-state index in [9.17, 15) is 4.79 Å². The zero-order valence-electron chi connectivity index (χ0n) is 7.41. The van der Waals surface area contributed by atoms with Gasteiger partial charge in [-0.2, -0.15) is 0 Å². The molecule has 0 radical (unpaired) electrons. The number of carboxylic acid groups (broad SMARTS) is 1. The Morgan fingerprint density at radius 1 is 1.43 bits per heavy atom. The quantitative estimate of drug-likeness (QED) is 0.812. The molecule has 0 aliphatic rings. The fourth-order valence-corrected chi connectivity index (χ4v) is 1.48. The Balaban J connectivity index is 2.90. The first-order valence-electron chi connectivity index (χ1n) is 4.16. The van der Waals surface area contributed by atoms with E-state index in [2.05, 4.69) is 0 Å². The number of hydrogen-bond donors (Lipinski definition) is 1. The van der Waals surface area contributed by atoms with E-state index in [1.165, 1.54) is 0 Å². The van der Waals surface area contributed by atoms with Crippen LogP contribution < -0.4 is 0 Å². The lowest BCUT2D eigenvalue weighted by molar-refractivity contribution is 0.0695. The van der Waals surface area contributed by atoms with Crippen molar-refractivity contribution in [3.05, 3.63) is 35.4 Å². The number of carbonyl (C=O) groups is 1. The average molecular weight is 233 g/mol. The minimum absolute atomic E-state index is 0.225. The molecule has 0 bridgehead atoms. The minimum Gasteiger partial charge on any atom is -0.478 e. The Bertz CT molecular complexity index is 326. The van der Waals surface area contributed by atoms with E-state index in [4.69, 9.17) is 28.3 Å². The van der Waals surface area contributed by atoms with E-state index in [1.54, 1.807) is 24.3 Å². The van der Waals surface area contributed by atoms with E-state index in [0.29, 0.717) is 17.9 Å². The molecule has 1 rings (SSSR count). The van der Waals surface area contributed by atoms with Crippen molar-refractivity contribution in [1.29, 1.82) is 0 Å². The third-order valence-electron chi connectivity index (χ3n) is 1.86. The Labute approximate surface area is 92.5 Å². The average Bonchev–Trinajstić information content (AvgIpc) is 2.18. The third kappa shape index (κ3) is 2.89. The summed E-state index contributed by atoms with van der Waals surface area (Å²) >= 11 is 11.4. The molecule has 0 saturated heterocycles. The van der Waals surface area contributed by atoms with Gasteiger partial charge in [0.1, 0.15) is 0 Å². The van der Waals surface area contributed by atoms with E-state index in [-0.39, 0.29) is 5.38 Å². The first-order valence-corrected chi connectivity index (χ1v) is 5.13. The van der Waals surface area contributed by atoms with Gasteiger partial charge in [-0.3, -0.25) is 0 Å². The summed E-state index contributed by atoms with van der Waals surface area (Å²) in [5, 5.41) is 8.65. The molecule has 0 amide bonds. The number of carboxylic acids is 1. The Morgan fingerprint density at radius 3 is 2.64 bits per heavy atom. The maximum absolute atomic E-state index is 10.8. The second-order valence-corrected chi connectivity index (χ2v) is 3.84. The SMILES string of the molecule is O=C(O)c1ccccc1CC(Cl)CCl. The highest BCUT2D eigenvalue weighted by molar-refractivity contribution is 6.28. The molecule has 0 aliphatic carbocycles. The fourth-order valence-electron chi connectivity index (χ4n) is 1.20. The van der Waals surface area contributed by atoms with E-state index in [0.717, 1.165) is 5.56 Å². The molecule has 0 saturated carbocycles. The Kier molecular flexibility index (Phi) is 4.23. The van der Waals surface area contributed by atoms with Gasteiger partial charge < -0.3 is 5.11 Å². The van der Waals surface area contributed by atoms with Crippen molar-refractivity contribution in [2.45, 2.75) is 11.8 Å². The van der Waals surface area contributed by atoms with Crippen molar-refractivity contribution in [2.24, 2.45) is 0 Å². The molecule has 2 nitrogen and oxygen atoms in total. The van der Waals surface area contributed by atoms with Gasteiger partial charge >= 0.3 is 5.97 Å². The van der Waals surface area contributed by atoms with Crippen LogP contribution in [0.2, 0.25) is 0 Å². The summed E-state index contributed by atoms with van der Waals surface area (Å²) in [6.45, 7) is 0. The van der Waals surface area contributed by atoms with Crippen LogP contribution in [0.1, 0.15) is 15.9 Å². The summed E-state index contributed by atoms with van der Waals surface area (Å²) in [4.78, 5) is 10.8. The van der Waals surface area contributed by atoms with Crippen molar-refractivity contribution in [1.82, 2.24) is 0 Å². The lowest BCUT2D eigenvalue weighted by Gasteiger charge is -2.08. The van der Waals surface area contributed by atoms with Crippen LogP contribution in [0.15, 0.2) is 24.3 Å². The maximum Gasteiger partial charge on any atom is 0.335 e. The largest absolute Gasteiger partial charge is 0.478 e. The molecule has 1 atom stereocenters. The number of halogens is 2. The highest BCUT2D eigenvalue weighted by atomic mass is 35.5. The van der Waals surface area contributed by atoms with Crippen LogP contribution in [-0.4, -0.2) is 22.3 Å². The summed E-state index contributed by atoms with van der Waals surface area (Å²) in [6, 6.07) is 6.80. The first kappa shape index (κ1) is 11.3. The summed E-state index contributed by atoms with van der Waals surface area (Å²) in [7, 11) is 0. The van der Waals surface area contributed by atoms with Crippen molar-refractivity contribution in [3.63, 3.8) is 0 Å². The highest BCUT2D eigenvalue weighted by Crippen LogP contribution is 2.14. The zero-order chi connectivity index (χ0) is 10.6. The summed E-state index contributed by atoms with van der Waals surface area (Å²) in [6.07, 6.45) is 0.480. The Hall–Kier alpha value is -0.730. The first-order chi connectivity index (χ1) is 6.65. The van der Waals surface area contributed by atoms with Crippen LogP contribution in [0, 0.1) is 0 Å². The van der Waals surface area contributed by atoms with Gasteiger partial charge in [0.2, 0.25) is 0 Å². The van der Waals surface area contributed by atoms with Crippen LogP contribution in [-0.2, 0) is 6.42 Å². The molecule has 1 aromatic rings. The van der Waals surface area contributed by atoms with E-state index >= 15 is 0 Å². The smallest absolute Gasteiger partial charge is 0.335 e. The van der Waals surface area contributed by atoms with Gasteiger partial charge in [0, 0.05) is 5.88 Å². The van der Waals surface area contributed by atoms with Gasteiger partial charge in [-0.15, -0.1) is 23.2 Å². The van der Waals surface area contributed by atoms with Crippen LogP contribution in [0.25, 0.3) is 0 Å². The number of hydrogen-bond acceptors (Lipinski definition) is 1. The van der Waals surface area contributed by atoms with E-state index < -0.39 is 5.97 Å².